The quantitative estimate of drug-likeness (QED) is 0.807. The third kappa shape index (κ3) is 3.73. The summed E-state index contributed by atoms with van der Waals surface area (Å²) in [4.78, 5) is 0. The van der Waals surface area contributed by atoms with Crippen LogP contribution in [0.4, 0.5) is 13.2 Å². The lowest BCUT2D eigenvalue weighted by molar-refractivity contribution is 0.383. The first-order valence-corrected chi connectivity index (χ1v) is 6.31. The van der Waals surface area contributed by atoms with Crippen molar-refractivity contribution in [3.8, 4) is 0 Å². The Kier molecular flexibility index (Phi) is 5.66. The van der Waals surface area contributed by atoms with Gasteiger partial charge in [-0.05, 0) is 19.4 Å². The van der Waals surface area contributed by atoms with Gasteiger partial charge in [0, 0.05) is 23.7 Å². The Balaban J connectivity index is 2.95. The second-order valence-corrected chi connectivity index (χ2v) is 4.75. The van der Waals surface area contributed by atoms with Crippen molar-refractivity contribution in [1.82, 2.24) is 5.32 Å². The summed E-state index contributed by atoms with van der Waals surface area (Å²) in [6.45, 7) is 4.12. The third-order valence-electron chi connectivity index (χ3n) is 3.16. The zero-order valence-corrected chi connectivity index (χ0v) is 11.1. The Bertz CT molecular complexity index is 370. The van der Waals surface area contributed by atoms with Crippen LogP contribution in [-0.4, -0.2) is 7.05 Å². The first-order chi connectivity index (χ1) is 8.49. The molecular formula is C14H20F3N. The lowest BCUT2D eigenvalue weighted by atomic mass is 9.92. The van der Waals surface area contributed by atoms with E-state index < -0.39 is 23.5 Å². The summed E-state index contributed by atoms with van der Waals surface area (Å²) in [6, 6.07) is 1.03. The predicted molar refractivity (Wildman–Crippen MR) is 66.8 cm³/mol. The van der Waals surface area contributed by atoms with Gasteiger partial charge in [-0.2, -0.15) is 0 Å². The summed E-state index contributed by atoms with van der Waals surface area (Å²) in [7, 11) is 1.66. The first kappa shape index (κ1) is 15.0. The standard InChI is InChI=1S/C14H20F3N/c1-4-5-9(2)6-13(18-3)14-11(16)7-10(15)8-12(14)17/h7-9,13,18H,4-6H2,1-3H3. The van der Waals surface area contributed by atoms with Gasteiger partial charge in [-0.25, -0.2) is 13.2 Å². The molecule has 1 rings (SSSR count). The molecule has 0 radical (unpaired) electrons. The molecule has 102 valence electrons. The van der Waals surface area contributed by atoms with E-state index >= 15 is 0 Å². The van der Waals surface area contributed by atoms with Crippen molar-refractivity contribution in [3.63, 3.8) is 0 Å². The molecule has 1 N–H and O–H groups in total. The van der Waals surface area contributed by atoms with Gasteiger partial charge < -0.3 is 5.32 Å². The van der Waals surface area contributed by atoms with Crippen LogP contribution in [0.2, 0.25) is 0 Å². The first-order valence-electron chi connectivity index (χ1n) is 6.31. The molecule has 2 atom stereocenters. The lowest BCUT2D eigenvalue weighted by Crippen LogP contribution is -2.21. The third-order valence-corrected chi connectivity index (χ3v) is 3.16. The number of benzene rings is 1. The second kappa shape index (κ2) is 6.78. The number of hydrogen-bond acceptors (Lipinski definition) is 1. The Morgan fingerprint density at radius 3 is 2.17 bits per heavy atom. The Morgan fingerprint density at radius 1 is 1.17 bits per heavy atom. The van der Waals surface area contributed by atoms with Gasteiger partial charge in [0.1, 0.15) is 17.5 Å². The maximum absolute atomic E-state index is 13.7. The molecule has 0 heterocycles. The molecule has 0 bridgehead atoms. The van der Waals surface area contributed by atoms with E-state index in [1.807, 2.05) is 6.92 Å². The minimum atomic E-state index is -0.884. The van der Waals surface area contributed by atoms with Crippen LogP contribution in [0.15, 0.2) is 12.1 Å². The highest BCUT2D eigenvalue weighted by Gasteiger charge is 2.21. The fourth-order valence-corrected chi connectivity index (χ4v) is 2.28. The SMILES string of the molecule is CCCC(C)CC(NC)c1c(F)cc(F)cc1F. The van der Waals surface area contributed by atoms with E-state index in [1.54, 1.807) is 7.05 Å². The van der Waals surface area contributed by atoms with Crippen LogP contribution in [0.25, 0.3) is 0 Å². The summed E-state index contributed by atoms with van der Waals surface area (Å²) in [5.41, 5.74) is -0.0677. The van der Waals surface area contributed by atoms with Crippen molar-refractivity contribution in [2.45, 2.75) is 39.2 Å². The zero-order chi connectivity index (χ0) is 13.7. The van der Waals surface area contributed by atoms with Gasteiger partial charge in [-0.15, -0.1) is 0 Å². The molecule has 0 aliphatic carbocycles. The maximum Gasteiger partial charge on any atom is 0.133 e. The summed E-state index contributed by atoms with van der Waals surface area (Å²) >= 11 is 0. The minimum absolute atomic E-state index is 0.0677. The van der Waals surface area contributed by atoms with Crippen molar-refractivity contribution in [2.75, 3.05) is 7.05 Å². The van der Waals surface area contributed by atoms with E-state index in [1.165, 1.54) is 0 Å². The van der Waals surface area contributed by atoms with E-state index in [2.05, 4.69) is 12.2 Å². The molecule has 0 aliphatic rings. The molecule has 0 saturated heterocycles. The Hall–Kier alpha value is -1.03. The van der Waals surface area contributed by atoms with Crippen LogP contribution in [0, 0.1) is 23.4 Å². The van der Waals surface area contributed by atoms with Crippen molar-refractivity contribution < 1.29 is 13.2 Å². The largest absolute Gasteiger partial charge is 0.313 e. The lowest BCUT2D eigenvalue weighted by Gasteiger charge is -2.21. The molecular weight excluding hydrogens is 239 g/mol. The summed E-state index contributed by atoms with van der Waals surface area (Å²) in [5.74, 6) is -2.17. The average molecular weight is 259 g/mol. The van der Waals surface area contributed by atoms with Crippen LogP contribution in [-0.2, 0) is 0 Å². The predicted octanol–water partition coefficient (Wildman–Crippen LogP) is 4.19. The van der Waals surface area contributed by atoms with Gasteiger partial charge >= 0.3 is 0 Å². The molecule has 1 aromatic carbocycles. The van der Waals surface area contributed by atoms with Gasteiger partial charge in [0.05, 0.1) is 0 Å². The van der Waals surface area contributed by atoms with Gasteiger partial charge in [-0.3, -0.25) is 0 Å². The van der Waals surface area contributed by atoms with Crippen LogP contribution in [0.5, 0.6) is 0 Å². The fraction of sp³-hybridized carbons (Fsp3) is 0.571. The van der Waals surface area contributed by atoms with E-state index in [4.69, 9.17) is 0 Å². The molecule has 0 amide bonds. The van der Waals surface area contributed by atoms with Crippen molar-refractivity contribution in [1.29, 1.82) is 0 Å². The minimum Gasteiger partial charge on any atom is -0.313 e. The molecule has 4 heteroatoms. The summed E-state index contributed by atoms with van der Waals surface area (Å²) in [5, 5.41) is 2.91. The molecule has 18 heavy (non-hydrogen) atoms. The van der Waals surface area contributed by atoms with Crippen LogP contribution in [0.3, 0.4) is 0 Å². The highest BCUT2D eigenvalue weighted by atomic mass is 19.1. The Morgan fingerprint density at radius 2 is 1.72 bits per heavy atom. The molecule has 1 nitrogen and oxygen atoms in total. The van der Waals surface area contributed by atoms with Crippen LogP contribution < -0.4 is 5.32 Å². The molecule has 0 fully saturated rings. The second-order valence-electron chi connectivity index (χ2n) is 4.75. The normalized spacial score (nSPS) is 14.6. The van der Waals surface area contributed by atoms with E-state index in [9.17, 15) is 13.2 Å². The topological polar surface area (TPSA) is 12.0 Å². The summed E-state index contributed by atoms with van der Waals surface area (Å²) in [6.07, 6.45) is 2.67. The molecule has 1 aromatic rings. The Labute approximate surface area is 106 Å². The van der Waals surface area contributed by atoms with Crippen LogP contribution in [0.1, 0.15) is 44.7 Å². The van der Waals surface area contributed by atoms with Crippen molar-refractivity contribution in [3.05, 3.63) is 35.1 Å². The molecule has 0 aromatic heterocycles. The van der Waals surface area contributed by atoms with Crippen molar-refractivity contribution >= 4 is 0 Å². The molecule has 2 unspecified atom stereocenters. The van der Waals surface area contributed by atoms with Gasteiger partial charge in [0.25, 0.3) is 0 Å². The van der Waals surface area contributed by atoms with Crippen molar-refractivity contribution in [2.24, 2.45) is 5.92 Å². The van der Waals surface area contributed by atoms with Gasteiger partial charge in [-0.1, -0.05) is 26.7 Å². The highest BCUT2D eigenvalue weighted by Crippen LogP contribution is 2.28. The van der Waals surface area contributed by atoms with Crippen LogP contribution >= 0.6 is 0 Å². The smallest absolute Gasteiger partial charge is 0.133 e. The number of hydrogen-bond donors (Lipinski definition) is 1. The number of halogens is 3. The van der Waals surface area contributed by atoms with E-state index in [0.717, 1.165) is 25.0 Å². The fourth-order valence-electron chi connectivity index (χ4n) is 2.28. The van der Waals surface area contributed by atoms with Gasteiger partial charge in [0.15, 0.2) is 0 Å². The number of rotatable bonds is 6. The average Bonchev–Trinajstić information content (AvgIpc) is 2.26. The van der Waals surface area contributed by atoms with E-state index in [0.29, 0.717) is 12.3 Å². The molecule has 0 spiro atoms. The molecule has 0 saturated carbocycles. The zero-order valence-electron chi connectivity index (χ0n) is 11.1. The molecule has 0 aliphatic heterocycles. The monoisotopic (exact) mass is 259 g/mol. The maximum atomic E-state index is 13.7. The van der Waals surface area contributed by atoms with E-state index in [-0.39, 0.29) is 5.56 Å². The summed E-state index contributed by atoms with van der Waals surface area (Å²) < 4.78 is 40.2. The highest BCUT2D eigenvalue weighted by molar-refractivity contribution is 5.24. The number of nitrogens with one attached hydrogen (secondary N) is 1. The van der Waals surface area contributed by atoms with Gasteiger partial charge in [0.2, 0.25) is 0 Å².